The van der Waals surface area contributed by atoms with E-state index in [0.717, 1.165) is 5.69 Å². The molecule has 30 heavy (non-hydrogen) atoms. The fraction of sp³-hybridized carbons (Fsp3) is 0.524. The number of aromatic nitrogens is 2. The van der Waals surface area contributed by atoms with Crippen molar-refractivity contribution in [2.45, 2.75) is 38.8 Å². The summed E-state index contributed by atoms with van der Waals surface area (Å²) in [5.74, 6) is 0.329. The summed E-state index contributed by atoms with van der Waals surface area (Å²) in [6, 6.07) is 6.34. The maximum absolute atomic E-state index is 13.8. The minimum absolute atomic E-state index is 0.0790. The lowest BCUT2D eigenvalue weighted by molar-refractivity contribution is -0.137. The summed E-state index contributed by atoms with van der Waals surface area (Å²) >= 11 is 0. The third-order valence-corrected chi connectivity index (χ3v) is 7.53. The summed E-state index contributed by atoms with van der Waals surface area (Å²) in [6.45, 7) is 5.46. The van der Waals surface area contributed by atoms with Crippen molar-refractivity contribution in [2.24, 2.45) is 5.92 Å². The van der Waals surface area contributed by atoms with Crippen LogP contribution in [0.2, 0.25) is 0 Å². The quantitative estimate of drug-likeness (QED) is 0.744. The third-order valence-electron chi connectivity index (χ3n) is 6.19. The number of sulfonamides is 1. The molecule has 7 nitrogen and oxygen atoms in total. The van der Waals surface area contributed by atoms with E-state index in [-0.39, 0.29) is 17.6 Å². The van der Waals surface area contributed by atoms with E-state index in [2.05, 4.69) is 4.98 Å². The molecule has 0 radical (unpaired) electrons. The number of nitrogens with zero attached hydrogens (tertiary/aromatic N) is 4. The minimum Gasteiger partial charge on any atom is -0.342 e. The summed E-state index contributed by atoms with van der Waals surface area (Å²) in [4.78, 5) is 18.9. The van der Waals surface area contributed by atoms with E-state index in [0.29, 0.717) is 50.4 Å². The average molecular weight is 435 g/mol. The lowest BCUT2D eigenvalue weighted by atomic mass is 9.84. The molecule has 1 saturated heterocycles. The Hall–Kier alpha value is -2.26. The molecular weight excluding hydrogens is 407 g/mol. The molecule has 1 aromatic carbocycles. The van der Waals surface area contributed by atoms with Crippen molar-refractivity contribution < 1.29 is 17.6 Å². The van der Waals surface area contributed by atoms with E-state index in [1.807, 2.05) is 29.4 Å². The maximum atomic E-state index is 13.8. The zero-order chi connectivity index (χ0) is 21.7. The summed E-state index contributed by atoms with van der Waals surface area (Å²) in [5.41, 5.74) is 0.687. The first kappa shape index (κ1) is 21.0. The van der Waals surface area contributed by atoms with Crippen LogP contribution in [0.5, 0.6) is 0 Å². The number of fused-ring (bicyclic) bond motifs is 2. The van der Waals surface area contributed by atoms with E-state index < -0.39 is 15.6 Å². The van der Waals surface area contributed by atoms with Crippen LogP contribution in [0.3, 0.4) is 0 Å². The van der Waals surface area contributed by atoms with Gasteiger partial charge in [-0.3, -0.25) is 4.79 Å². The number of likely N-dealkylation sites (tertiary alicyclic amines) is 1. The summed E-state index contributed by atoms with van der Waals surface area (Å²) in [5, 5.41) is 0. The van der Waals surface area contributed by atoms with Gasteiger partial charge in [0.1, 0.15) is 11.6 Å². The summed E-state index contributed by atoms with van der Waals surface area (Å²) in [6.07, 6.45) is 3.89. The Bertz CT molecular complexity index is 1070. The smallest absolute Gasteiger partial charge is 0.225 e. The Labute approximate surface area is 176 Å². The number of hydrogen-bond acceptors (Lipinski definition) is 4. The predicted octanol–water partition coefficient (Wildman–Crippen LogP) is 2.44. The van der Waals surface area contributed by atoms with Crippen LogP contribution in [0.25, 0.3) is 11.3 Å². The normalized spacial score (nSPS) is 19.3. The van der Waals surface area contributed by atoms with Crippen molar-refractivity contribution >= 4 is 15.9 Å². The largest absolute Gasteiger partial charge is 0.342 e. The van der Waals surface area contributed by atoms with Crippen LogP contribution in [-0.2, 0) is 26.9 Å². The van der Waals surface area contributed by atoms with Crippen molar-refractivity contribution in [3.63, 3.8) is 0 Å². The van der Waals surface area contributed by atoms with Crippen LogP contribution >= 0.6 is 0 Å². The zero-order valence-electron chi connectivity index (χ0n) is 17.5. The molecule has 2 aromatic rings. The molecule has 1 spiro atoms. The van der Waals surface area contributed by atoms with Gasteiger partial charge in [-0.2, -0.15) is 4.31 Å². The summed E-state index contributed by atoms with van der Waals surface area (Å²) in [7, 11) is -3.48. The van der Waals surface area contributed by atoms with E-state index in [4.69, 9.17) is 0 Å². The molecule has 3 heterocycles. The van der Waals surface area contributed by atoms with Gasteiger partial charge in [-0.15, -0.1) is 0 Å². The highest BCUT2D eigenvalue weighted by molar-refractivity contribution is 7.88. The molecule has 0 unspecified atom stereocenters. The molecule has 0 N–H and O–H groups in total. The molecule has 0 bridgehead atoms. The van der Waals surface area contributed by atoms with E-state index in [1.54, 1.807) is 16.6 Å². The van der Waals surface area contributed by atoms with Gasteiger partial charge in [0.15, 0.2) is 0 Å². The van der Waals surface area contributed by atoms with Gasteiger partial charge in [-0.1, -0.05) is 26.0 Å². The molecule has 4 rings (SSSR count). The summed E-state index contributed by atoms with van der Waals surface area (Å²) < 4.78 is 42.7. The first-order valence-corrected chi connectivity index (χ1v) is 12.1. The molecule has 2 aliphatic rings. The van der Waals surface area contributed by atoms with Crippen molar-refractivity contribution in [2.75, 3.05) is 25.9 Å². The lowest BCUT2D eigenvalue weighted by Crippen LogP contribution is -2.60. The van der Waals surface area contributed by atoms with Crippen LogP contribution in [0.15, 0.2) is 30.5 Å². The van der Waals surface area contributed by atoms with Gasteiger partial charge >= 0.3 is 0 Å². The average Bonchev–Trinajstić information content (AvgIpc) is 3.12. The van der Waals surface area contributed by atoms with Gasteiger partial charge < -0.3 is 9.47 Å². The zero-order valence-corrected chi connectivity index (χ0v) is 18.3. The predicted molar refractivity (Wildman–Crippen MR) is 112 cm³/mol. The Morgan fingerprint density at radius 3 is 2.47 bits per heavy atom. The Morgan fingerprint density at radius 2 is 1.87 bits per heavy atom. The van der Waals surface area contributed by atoms with Crippen molar-refractivity contribution in [3.05, 3.63) is 42.1 Å². The highest BCUT2D eigenvalue weighted by Crippen LogP contribution is 2.43. The Morgan fingerprint density at radius 1 is 1.17 bits per heavy atom. The second-order valence-corrected chi connectivity index (χ2v) is 10.4. The number of benzene rings is 1. The van der Waals surface area contributed by atoms with Crippen molar-refractivity contribution in [1.82, 2.24) is 18.8 Å². The van der Waals surface area contributed by atoms with Gasteiger partial charge in [0.05, 0.1) is 23.7 Å². The molecule has 9 heteroatoms. The van der Waals surface area contributed by atoms with E-state index in [9.17, 15) is 17.6 Å². The van der Waals surface area contributed by atoms with Gasteiger partial charge in [-0.05, 0) is 25.0 Å². The second-order valence-electron chi connectivity index (χ2n) is 8.48. The number of halogens is 1. The monoisotopic (exact) mass is 434 g/mol. The highest BCUT2D eigenvalue weighted by Gasteiger charge is 2.51. The standard InChI is InChI=1S/C21H27FN4O3S/c1-15(2)19(27)24-9-7-21(8-10-24)20-23-14-18(16-5-4-6-17(22)13-16)25(20)11-12-26(21)30(3,28)29/h4-6,13-15H,7-12H2,1-3H3. The second kappa shape index (κ2) is 7.46. The molecule has 0 atom stereocenters. The Balaban J connectivity index is 1.76. The SMILES string of the molecule is CC(C)C(=O)N1CCC2(CC1)c1ncc(-c3cccc(F)c3)n1CCN2S(C)(=O)=O. The molecule has 2 aliphatic heterocycles. The number of hydrogen-bond donors (Lipinski definition) is 0. The highest BCUT2D eigenvalue weighted by atomic mass is 32.2. The number of amides is 1. The van der Waals surface area contributed by atoms with E-state index in [1.165, 1.54) is 18.4 Å². The number of rotatable bonds is 3. The van der Waals surface area contributed by atoms with Crippen LogP contribution in [-0.4, -0.2) is 59.0 Å². The molecule has 1 amide bonds. The van der Waals surface area contributed by atoms with Gasteiger partial charge in [0.2, 0.25) is 15.9 Å². The van der Waals surface area contributed by atoms with Gasteiger partial charge in [0, 0.05) is 37.7 Å². The van der Waals surface area contributed by atoms with Crippen molar-refractivity contribution in [1.29, 1.82) is 0 Å². The number of carbonyl (C=O) groups excluding carboxylic acids is 1. The van der Waals surface area contributed by atoms with Gasteiger partial charge in [-0.25, -0.2) is 17.8 Å². The molecule has 0 saturated carbocycles. The molecule has 1 aromatic heterocycles. The molecule has 0 aliphatic carbocycles. The van der Waals surface area contributed by atoms with Crippen LogP contribution in [0, 0.1) is 11.7 Å². The lowest BCUT2D eigenvalue weighted by Gasteiger charge is -2.49. The molecule has 162 valence electrons. The minimum atomic E-state index is -3.48. The number of carbonyl (C=O) groups is 1. The fourth-order valence-corrected chi connectivity index (χ4v) is 6.10. The van der Waals surface area contributed by atoms with E-state index >= 15 is 0 Å². The fourth-order valence-electron chi connectivity index (χ4n) is 4.79. The molecular formula is C21H27FN4O3S. The Kier molecular flexibility index (Phi) is 5.22. The molecule has 1 fully saturated rings. The van der Waals surface area contributed by atoms with Crippen LogP contribution in [0.4, 0.5) is 4.39 Å². The third kappa shape index (κ3) is 3.43. The number of imidazole rings is 1. The van der Waals surface area contributed by atoms with Crippen molar-refractivity contribution in [3.8, 4) is 11.3 Å². The topological polar surface area (TPSA) is 75.5 Å². The first-order chi connectivity index (χ1) is 14.1. The van der Waals surface area contributed by atoms with Gasteiger partial charge in [0.25, 0.3) is 0 Å². The maximum Gasteiger partial charge on any atom is 0.225 e. The number of piperidine rings is 1. The van der Waals surface area contributed by atoms with Crippen LogP contribution < -0.4 is 0 Å². The van der Waals surface area contributed by atoms with Crippen LogP contribution in [0.1, 0.15) is 32.5 Å². The first-order valence-electron chi connectivity index (χ1n) is 10.2.